The van der Waals surface area contributed by atoms with E-state index in [4.69, 9.17) is 4.74 Å². The molecule has 0 radical (unpaired) electrons. The number of hydrogen-bond acceptors (Lipinski definition) is 7. The molecule has 5 rings (SSSR count). The highest BCUT2D eigenvalue weighted by atomic mass is 32.2. The molecule has 0 unspecified atom stereocenters. The molecule has 33 heavy (non-hydrogen) atoms. The van der Waals surface area contributed by atoms with Crippen LogP contribution in [0.4, 0.5) is 0 Å². The van der Waals surface area contributed by atoms with Gasteiger partial charge in [-0.05, 0) is 44.0 Å². The van der Waals surface area contributed by atoms with E-state index in [9.17, 15) is 13.2 Å². The van der Waals surface area contributed by atoms with Crippen molar-refractivity contribution in [3.63, 3.8) is 0 Å². The second-order valence-corrected chi connectivity index (χ2v) is 11.3. The maximum absolute atomic E-state index is 13.1. The highest BCUT2D eigenvalue weighted by Gasteiger charge is 2.35. The molecule has 2 atom stereocenters. The van der Waals surface area contributed by atoms with E-state index >= 15 is 0 Å². The fourth-order valence-electron chi connectivity index (χ4n) is 4.16. The summed E-state index contributed by atoms with van der Waals surface area (Å²) in [4.78, 5) is 12.5. The van der Waals surface area contributed by atoms with Gasteiger partial charge in [0.05, 0.1) is 4.90 Å². The number of para-hydroxylation sites is 1. The molecular weight excluding hydrogens is 460 g/mol. The second kappa shape index (κ2) is 8.92. The van der Waals surface area contributed by atoms with Gasteiger partial charge < -0.3 is 4.74 Å². The number of aromatic nitrogens is 3. The first kappa shape index (κ1) is 22.1. The van der Waals surface area contributed by atoms with E-state index in [2.05, 4.69) is 10.2 Å². The molecule has 172 valence electrons. The molecule has 0 amide bonds. The maximum atomic E-state index is 13.1. The number of benzene rings is 2. The molecule has 2 aliphatic rings. The van der Waals surface area contributed by atoms with Gasteiger partial charge in [-0.2, -0.15) is 4.31 Å². The monoisotopic (exact) mass is 484 g/mol. The first-order chi connectivity index (χ1) is 15.9. The lowest BCUT2D eigenvalue weighted by Gasteiger charge is -2.16. The van der Waals surface area contributed by atoms with Crippen LogP contribution in [0, 0.1) is 0 Å². The zero-order valence-electron chi connectivity index (χ0n) is 18.1. The van der Waals surface area contributed by atoms with Crippen molar-refractivity contribution in [2.45, 2.75) is 47.6 Å². The highest BCUT2D eigenvalue weighted by Crippen LogP contribution is 2.35. The summed E-state index contributed by atoms with van der Waals surface area (Å²) in [6.45, 7) is 2.96. The number of esters is 1. The van der Waals surface area contributed by atoms with Crippen molar-refractivity contribution in [3.05, 3.63) is 54.6 Å². The van der Waals surface area contributed by atoms with Crippen molar-refractivity contribution in [3.8, 4) is 17.1 Å². The quantitative estimate of drug-likeness (QED) is 0.494. The lowest BCUT2D eigenvalue weighted by Crippen LogP contribution is -2.27. The Labute approximate surface area is 197 Å². The summed E-state index contributed by atoms with van der Waals surface area (Å²) in [5, 5.41) is 8.97. The molecule has 3 heterocycles. The molecule has 0 N–H and O–H groups in total. The number of rotatable bonds is 6. The average Bonchev–Trinajstić information content (AvgIpc) is 3.56. The van der Waals surface area contributed by atoms with Crippen LogP contribution in [0.2, 0.25) is 0 Å². The summed E-state index contributed by atoms with van der Waals surface area (Å²) in [6, 6.07) is 16.4. The first-order valence-corrected chi connectivity index (χ1v) is 13.2. The van der Waals surface area contributed by atoms with E-state index in [1.165, 1.54) is 16.1 Å². The second-order valence-electron chi connectivity index (χ2n) is 8.21. The van der Waals surface area contributed by atoms with Gasteiger partial charge in [-0.15, -0.1) is 10.2 Å². The third-order valence-electron chi connectivity index (χ3n) is 5.82. The minimum absolute atomic E-state index is 0.130. The van der Waals surface area contributed by atoms with Crippen LogP contribution in [0.1, 0.15) is 26.2 Å². The fourth-order valence-corrected chi connectivity index (χ4v) is 6.88. The Morgan fingerprint density at radius 2 is 1.79 bits per heavy atom. The predicted molar refractivity (Wildman–Crippen MR) is 125 cm³/mol. The van der Waals surface area contributed by atoms with Gasteiger partial charge in [-0.3, -0.25) is 9.36 Å². The van der Waals surface area contributed by atoms with Crippen molar-refractivity contribution in [1.82, 2.24) is 19.1 Å². The largest absolute Gasteiger partial charge is 0.462 e. The van der Waals surface area contributed by atoms with Crippen LogP contribution in [-0.2, 0) is 19.6 Å². The summed E-state index contributed by atoms with van der Waals surface area (Å²) in [7, 11) is -3.56. The summed E-state index contributed by atoms with van der Waals surface area (Å²) >= 11 is 1.32. The molecule has 2 fully saturated rings. The molecule has 8 nitrogen and oxygen atoms in total. The molecule has 0 saturated carbocycles. The van der Waals surface area contributed by atoms with E-state index in [1.807, 2.05) is 47.9 Å². The van der Waals surface area contributed by atoms with Gasteiger partial charge >= 0.3 is 5.97 Å². The minimum atomic E-state index is -3.56. The van der Waals surface area contributed by atoms with Gasteiger partial charge in [-0.25, -0.2) is 8.42 Å². The number of cyclic esters (lactones) is 1. The molecule has 3 aromatic rings. The molecule has 1 aromatic heterocycles. The number of ether oxygens (including phenoxy) is 1. The van der Waals surface area contributed by atoms with Gasteiger partial charge in [0.1, 0.15) is 11.4 Å². The Kier molecular flexibility index (Phi) is 5.98. The van der Waals surface area contributed by atoms with Crippen molar-refractivity contribution in [2.24, 2.45) is 0 Å². The van der Waals surface area contributed by atoms with Gasteiger partial charge in [0.15, 0.2) is 11.0 Å². The SMILES string of the molecule is C[C@@H]1C[C@H](Sc2nnc(-c3cccc(S(=O)(=O)N4CCCC4)c3)n2-c2ccccc2)C(=O)O1. The molecule has 10 heteroatoms. The van der Waals surface area contributed by atoms with Crippen molar-refractivity contribution in [2.75, 3.05) is 13.1 Å². The van der Waals surface area contributed by atoms with Crippen LogP contribution in [-0.4, -0.2) is 57.9 Å². The number of hydrogen-bond donors (Lipinski definition) is 0. The van der Waals surface area contributed by atoms with Gasteiger partial charge in [0, 0.05) is 30.8 Å². The Balaban J connectivity index is 1.56. The van der Waals surface area contributed by atoms with Crippen molar-refractivity contribution >= 4 is 27.8 Å². The fraction of sp³-hybridized carbons (Fsp3) is 0.348. The standard InChI is InChI=1S/C23H24N4O4S2/c1-16-14-20(22(28)31-16)32-23-25-24-21(27(23)18-9-3-2-4-10-18)17-8-7-11-19(15-17)33(29,30)26-12-5-6-13-26/h2-4,7-11,15-16,20H,5-6,12-14H2,1H3/t16-,20+/m1/s1. The topological polar surface area (TPSA) is 94.4 Å². The Morgan fingerprint density at radius 3 is 2.48 bits per heavy atom. The highest BCUT2D eigenvalue weighted by molar-refractivity contribution is 8.00. The van der Waals surface area contributed by atoms with Gasteiger partial charge in [0.2, 0.25) is 10.0 Å². The van der Waals surface area contributed by atoms with Gasteiger partial charge in [-0.1, -0.05) is 42.1 Å². The number of carbonyl (C=O) groups is 1. The number of nitrogens with zero attached hydrogens (tertiary/aromatic N) is 4. The van der Waals surface area contributed by atoms with E-state index in [0.29, 0.717) is 36.1 Å². The van der Waals surface area contributed by atoms with Crippen LogP contribution in [0.25, 0.3) is 17.1 Å². The maximum Gasteiger partial charge on any atom is 0.319 e. The van der Waals surface area contributed by atoms with Crippen LogP contribution < -0.4 is 0 Å². The van der Waals surface area contributed by atoms with E-state index in [1.54, 1.807) is 18.2 Å². The third-order valence-corrected chi connectivity index (χ3v) is 8.86. The number of sulfonamides is 1. The normalized spacial score (nSPS) is 21.4. The molecule has 0 aliphatic carbocycles. The van der Waals surface area contributed by atoms with Crippen LogP contribution >= 0.6 is 11.8 Å². The molecule has 2 aromatic carbocycles. The Bertz CT molecular complexity index is 1270. The zero-order chi connectivity index (χ0) is 23.0. The molecular formula is C23H24N4O4S2. The smallest absolute Gasteiger partial charge is 0.319 e. The third kappa shape index (κ3) is 4.30. The lowest BCUT2D eigenvalue weighted by molar-refractivity contribution is -0.140. The van der Waals surface area contributed by atoms with Crippen molar-refractivity contribution < 1.29 is 17.9 Å². The molecule has 2 aliphatic heterocycles. The molecule has 0 bridgehead atoms. The number of thioether (sulfide) groups is 1. The average molecular weight is 485 g/mol. The Hall–Kier alpha value is -2.69. The lowest BCUT2D eigenvalue weighted by atomic mass is 10.2. The summed E-state index contributed by atoms with van der Waals surface area (Å²) in [5.74, 6) is 0.261. The zero-order valence-corrected chi connectivity index (χ0v) is 19.8. The molecule has 2 saturated heterocycles. The predicted octanol–water partition coefficient (Wildman–Crippen LogP) is 3.51. The Morgan fingerprint density at radius 1 is 1.03 bits per heavy atom. The van der Waals surface area contributed by atoms with Crippen molar-refractivity contribution in [1.29, 1.82) is 0 Å². The van der Waals surface area contributed by atoms with E-state index in [0.717, 1.165) is 18.5 Å². The first-order valence-electron chi connectivity index (χ1n) is 10.9. The summed E-state index contributed by atoms with van der Waals surface area (Å²) in [6.07, 6.45) is 2.23. The van der Waals surface area contributed by atoms with E-state index < -0.39 is 10.0 Å². The molecule has 0 spiro atoms. The van der Waals surface area contributed by atoms with Crippen LogP contribution in [0.3, 0.4) is 0 Å². The minimum Gasteiger partial charge on any atom is -0.462 e. The summed E-state index contributed by atoms with van der Waals surface area (Å²) < 4.78 is 34.9. The number of carbonyl (C=O) groups excluding carboxylic acids is 1. The van der Waals surface area contributed by atoms with Gasteiger partial charge in [0.25, 0.3) is 0 Å². The van der Waals surface area contributed by atoms with E-state index in [-0.39, 0.29) is 22.2 Å². The van der Waals surface area contributed by atoms with Crippen LogP contribution in [0.15, 0.2) is 64.6 Å². The van der Waals surface area contributed by atoms with Crippen LogP contribution in [0.5, 0.6) is 0 Å². The summed E-state index contributed by atoms with van der Waals surface area (Å²) in [5.41, 5.74) is 1.47.